The Morgan fingerprint density at radius 1 is 1.24 bits per heavy atom. The molecule has 1 aromatic carbocycles. The van der Waals surface area contributed by atoms with Gasteiger partial charge in [-0.25, -0.2) is 4.79 Å². The largest absolute Gasteiger partial charge is 0.418 e. The van der Waals surface area contributed by atoms with Crippen LogP contribution in [-0.4, -0.2) is 47.6 Å². The number of hydrogen-bond acceptors (Lipinski definition) is 4. The molecular formula is C13H16N2O5S. The van der Waals surface area contributed by atoms with Gasteiger partial charge in [0.25, 0.3) is 0 Å². The zero-order valence-corrected chi connectivity index (χ0v) is 12.1. The number of amides is 2. The maximum absolute atomic E-state index is 12.2. The summed E-state index contributed by atoms with van der Waals surface area (Å²) in [6.45, 7) is 0.422. The molecule has 0 aliphatic carbocycles. The van der Waals surface area contributed by atoms with E-state index in [-0.39, 0.29) is 12.1 Å². The Balaban J connectivity index is 1.74. The number of fused-ring (bicyclic) bond motifs is 2. The highest BCUT2D eigenvalue weighted by atomic mass is 32.3. The van der Waals surface area contributed by atoms with Crippen molar-refractivity contribution in [3.63, 3.8) is 0 Å². The Morgan fingerprint density at radius 3 is 2.62 bits per heavy atom. The number of nitrogens with zero attached hydrogens (tertiary/aromatic N) is 2. The van der Waals surface area contributed by atoms with Crippen molar-refractivity contribution in [2.45, 2.75) is 31.3 Å². The van der Waals surface area contributed by atoms with E-state index in [2.05, 4.69) is 4.28 Å². The molecule has 1 N–H and O–H groups in total. The average Bonchev–Trinajstić information content (AvgIpc) is 2.67. The number of piperidine rings is 1. The van der Waals surface area contributed by atoms with Gasteiger partial charge in [-0.3, -0.25) is 4.55 Å². The third kappa shape index (κ3) is 3.02. The zero-order valence-electron chi connectivity index (χ0n) is 11.3. The Labute approximate surface area is 123 Å². The molecule has 2 fully saturated rings. The lowest BCUT2D eigenvalue weighted by atomic mass is 9.95. The first-order chi connectivity index (χ1) is 9.94. The van der Waals surface area contributed by atoms with E-state index in [1.807, 2.05) is 30.3 Å². The van der Waals surface area contributed by atoms with Crippen LogP contribution in [0.5, 0.6) is 0 Å². The SMILES string of the molecule is O=C1N2C[C@@H](CCC2Cc2ccccc2)N1OS(=O)(=O)O. The molecule has 3 rings (SSSR count). The van der Waals surface area contributed by atoms with E-state index >= 15 is 0 Å². The van der Waals surface area contributed by atoms with Crippen LogP contribution in [0.2, 0.25) is 0 Å². The van der Waals surface area contributed by atoms with Crippen molar-refractivity contribution in [3.8, 4) is 0 Å². The van der Waals surface area contributed by atoms with E-state index < -0.39 is 16.4 Å². The molecule has 8 heteroatoms. The van der Waals surface area contributed by atoms with Crippen LogP contribution in [0.3, 0.4) is 0 Å². The first kappa shape index (κ1) is 14.3. The molecule has 2 heterocycles. The second kappa shape index (κ2) is 5.28. The van der Waals surface area contributed by atoms with Crippen molar-refractivity contribution in [2.24, 2.45) is 0 Å². The zero-order chi connectivity index (χ0) is 15.0. The number of hydrogen-bond donors (Lipinski definition) is 1. The van der Waals surface area contributed by atoms with Gasteiger partial charge in [-0.15, -0.1) is 4.28 Å². The fourth-order valence-electron chi connectivity index (χ4n) is 3.01. The lowest BCUT2D eigenvalue weighted by molar-refractivity contribution is -0.0317. The predicted octanol–water partition coefficient (Wildman–Crippen LogP) is 1.23. The summed E-state index contributed by atoms with van der Waals surface area (Å²) in [7, 11) is -4.68. The van der Waals surface area contributed by atoms with Crippen molar-refractivity contribution < 1.29 is 22.0 Å². The molecule has 0 radical (unpaired) electrons. The number of carbonyl (C=O) groups excluding carboxylic acids is 1. The molecule has 2 amide bonds. The minimum atomic E-state index is -4.68. The lowest BCUT2D eigenvalue weighted by Gasteiger charge is -2.30. The average molecular weight is 312 g/mol. The molecule has 0 aromatic heterocycles. The quantitative estimate of drug-likeness (QED) is 0.845. The predicted molar refractivity (Wildman–Crippen MR) is 73.5 cm³/mol. The molecule has 21 heavy (non-hydrogen) atoms. The summed E-state index contributed by atoms with van der Waals surface area (Å²) in [5, 5.41) is 0.778. The molecule has 1 unspecified atom stereocenters. The molecule has 0 spiro atoms. The van der Waals surface area contributed by atoms with Gasteiger partial charge in [0.1, 0.15) is 0 Å². The summed E-state index contributed by atoms with van der Waals surface area (Å²) in [5.41, 5.74) is 1.13. The highest BCUT2D eigenvalue weighted by Crippen LogP contribution is 2.32. The van der Waals surface area contributed by atoms with Crippen LogP contribution in [-0.2, 0) is 21.1 Å². The third-order valence-electron chi connectivity index (χ3n) is 3.94. The number of urea groups is 1. The van der Waals surface area contributed by atoms with Crippen LogP contribution in [0, 0.1) is 0 Å². The minimum Gasteiger partial charge on any atom is -0.317 e. The van der Waals surface area contributed by atoms with Crippen molar-refractivity contribution in [2.75, 3.05) is 6.54 Å². The molecule has 1 aromatic rings. The lowest BCUT2D eigenvalue weighted by Crippen LogP contribution is -2.41. The van der Waals surface area contributed by atoms with Crippen LogP contribution < -0.4 is 0 Å². The third-order valence-corrected chi connectivity index (χ3v) is 4.28. The molecule has 0 saturated carbocycles. The first-order valence-electron chi connectivity index (χ1n) is 6.75. The molecule has 2 bridgehead atoms. The van der Waals surface area contributed by atoms with Crippen LogP contribution in [0.1, 0.15) is 18.4 Å². The number of carbonyl (C=O) groups is 1. The highest BCUT2D eigenvalue weighted by Gasteiger charge is 2.47. The summed E-state index contributed by atoms with van der Waals surface area (Å²) in [5.74, 6) is 0. The van der Waals surface area contributed by atoms with Crippen molar-refractivity contribution in [1.82, 2.24) is 9.96 Å². The Kier molecular flexibility index (Phi) is 3.60. The van der Waals surface area contributed by atoms with E-state index in [1.54, 1.807) is 4.90 Å². The number of hydroxylamine groups is 2. The standard InChI is InChI=1S/C13H16N2O5S/c16-13-14-9-12(15(13)20-21(17,18)19)7-6-11(14)8-10-4-2-1-3-5-10/h1-5,11-12H,6-9H2,(H,17,18,19)/t11?,12-/m1/s1. The Morgan fingerprint density at radius 2 is 1.95 bits per heavy atom. The van der Waals surface area contributed by atoms with Crippen LogP contribution in [0.4, 0.5) is 4.79 Å². The fraction of sp³-hybridized carbons (Fsp3) is 0.462. The number of rotatable bonds is 4. The molecule has 114 valence electrons. The van der Waals surface area contributed by atoms with Gasteiger partial charge in [-0.2, -0.15) is 13.5 Å². The second-order valence-electron chi connectivity index (χ2n) is 5.34. The topological polar surface area (TPSA) is 87.2 Å². The van der Waals surface area contributed by atoms with Gasteiger partial charge < -0.3 is 4.90 Å². The van der Waals surface area contributed by atoms with Crippen LogP contribution >= 0.6 is 0 Å². The smallest absolute Gasteiger partial charge is 0.317 e. The van der Waals surface area contributed by atoms with Gasteiger partial charge >= 0.3 is 16.4 Å². The molecule has 2 aliphatic heterocycles. The van der Waals surface area contributed by atoms with Crippen LogP contribution in [0.25, 0.3) is 0 Å². The molecule has 2 aliphatic rings. The monoisotopic (exact) mass is 312 g/mol. The Hall–Kier alpha value is -1.64. The van der Waals surface area contributed by atoms with Gasteiger partial charge in [-0.05, 0) is 24.8 Å². The summed E-state index contributed by atoms with van der Waals surface area (Å²) in [6.07, 6.45) is 2.14. The highest BCUT2D eigenvalue weighted by molar-refractivity contribution is 7.80. The van der Waals surface area contributed by atoms with Gasteiger partial charge in [-0.1, -0.05) is 30.3 Å². The normalized spacial score (nSPS) is 25.5. The molecule has 7 nitrogen and oxygen atoms in total. The second-order valence-corrected chi connectivity index (χ2v) is 6.34. The van der Waals surface area contributed by atoms with E-state index in [0.29, 0.717) is 13.0 Å². The van der Waals surface area contributed by atoms with Gasteiger partial charge in [0, 0.05) is 12.6 Å². The molecule has 2 saturated heterocycles. The van der Waals surface area contributed by atoms with Crippen LogP contribution in [0.15, 0.2) is 30.3 Å². The van der Waals surface area contributed by atoms with Crippen molar-refractivity contribution in [1.29, 1.82) is 0 Å². The fourth-order valence-corrected chi connectivity index (χ4v) is 3.40. The Bertz CT molecular complexity index is 633. The number of benzene rings is 1. The van der Waals surface area contributed by atoms with Crippen molar-refractivity contribution >= 4 is 16.4 Å². The summed E-state index contributed by atoms with van der Waals surface area (Å²) in [4.78, 5) is 13.8. The van der Waals surface area contributed by atoms with E-state index in [9.17, 15) is 13.2 Å². The summed E-state index contributed by atoms with van der Waals surface area (Å²) < 4.78 is 34.8. The molecule has 2 atom stereocenters. The van der Waals surface area contributed by atoms with Gasteiger partial charge in [0.15, 0.2) is 0 Å². The summed E-state index contributed by atoms with van der Waals surface area (Å²) >= 11 is 0. The van der Waals surface area contributed by atoms with E-state index in [1.165, 1.54) is 0 Å². The minimum absolute atomic E-state index is 0.0196. The van der Waals surface area contributed by atoms with E-state index in [0.717, 1.165) is 23.5 Å². The van der Waals surface area contributed by atoms with Gasteiger partial charge in [0.2, 0.25) is 0 Å². The van der Waals surface area contributed by atoms with Gasteiger partial charge in [0.05, 0.1) is 6.04 Å². The maximum Gasteiger partial charge on any atom is 0.418 e. The maximum atomic E-state index is 12.2. The molecular weight excluding hydrogens is 296 g/mol. The first-order valence-corrected chi connectivity index (χ1v) is 8.11. The van der Waals surface area contributed by atoms with E-state index in [4.69, 9.17) is 4.55 Å². The summed E-state index contributed by atoms with van der Waals surface area (Å²) in [6, 6.07) is 9.01. The van der Waals surface area contributed by atoms with Crippen molar-refractivity contribution in [3.05, 3.63) is 35.9 Å².